The first-order chi connectivity index (χ1) is 22.5. The normalized spacial score (nSPS) is 17.0. The van der Waals surface area contributed by atoms with Gasteiger partial charge in [-0.25, -0.2) is 18.2 Å². The lowest BCUT2D eigenvalue weighted by atomic mass is 10.0. The summed E-state index contributed by atoms with van der Waals surface area (Å²) in [5, 5.41) is 14.5. The Morgan fingerprint density at radius 1 is 1.11 bits per heavy atom. The maximum atomic E-state index is 14.0. The number of benzene rings is 3. The number of ketones is 1. The Labute approximate surface area is 278 Å². The second-order valence-corrected chi connectivity index (χ2v) is 14.6. The third-order valence-electron chi connectivity index (χ3n) is 8.32. The SMILES string of the molecule is CC[C@H](C)CN(C[C@@H](O)[C@H](Cc1ccccc1)NC(=O)[C@@H]1CN(c2ccc(C(C)=O)cc2)C(=O)O1)S(=O)(=O)c1ccc2ncsc2c1. The molecule has 5 rings (SSSR count). The summed E-state index contributed by atoms with van der Waals surface area (Å²) in [5.74, 6) is -0.731. The van der Waals surface area contributed by atoms with E-state index in [1.807, 2.05) is 44.2 Å². The Bertz CT molecular complexity index is 1830. The van der Waals surface area contributed by atoms with Gasteiger partial charge in [0.05, 0.1) is 39.3 Å². The van der Waals surface area contributed by atoms with E-state index in [1.54, 1.807) is 41.9 Å². The van der Waals surface area contributed by atoms with Crippen molar-refractivity contribution in [3.05, 3.63) is 89.4 Å². The first kappa shape index (κ1) is 34.2. The quantitative estimate of drug-likeness (QED) is 0.183. The van der Waals surface area contributed by atoms with E-state index in [1.165, 1.54) is 33.5 Å². The van der Waals surface area contributed by atoms with Gasteiger partial charge in [-0.1, -0.05) is 50.6 Å². The number of carbonyl (C=O) groups is 3. The predicted octanol–water partition coefficient (Wildman–Crippen LogP) is 4.65. The first-order valence-corrected chi connectivity index (χ1v) is 17.7. The molecule has 0 spiro atoms. The lowest BCUT2D eigenvalue weighted by molar-refractivity contribution is -0.129. The van der Waals surface area contributed by atoms with Gasteiger partial charge in [0.1, 0.15) is 0 Å². The number of nitrogens with zero attached hydrogens (tertiary/aromatic N) is 3. The average molecular weight is 679 g/mol. The van der Waals surface area contributed by atoms with Crippen molar-refractivity contribution < 1.29 is 32.6 Å². The zero-order valence-electron chi connectivity index (χ0n) is 26.4. The standard InChI is InChI=1S/C34H38N4O7S2/c1-4-22(2)18-37(47(43,44)27-14-15-28-32(17-27)46-21-35-28)19-30(40)29(16-24-8-6-5-7-9-24)36-33(41)31-20-38(34(42)45-31)26-12-10-25(11-13-26)23(3)39/h5-15,17,21-22,29-31,40H,4,16,18-20H2,1-3H3,(H,36,41)/t22-,29-,30+,31-/m0/s1. The van der Waals surface area contributed by atoms with Crippen molar-refractivity contribution in [3.8, 4) is 0 Å². The van der Waals surface area contributed by atoms with Crippen LogP contribution in [0.15, 0.2) is 83.2 Å². The molecular formula is C34H38N4O7S2. The number of sulfonamides is 1. The van der Waals surface area contributed by atoms with Crippen LogP contribution in [0.3, 0.4) is 0 Å². The van der Waals surface area contributed by atoms with Gasteiger partial charge >= 0.3 is 6.09 Å². The second-order valence-electron chi connectivity index (χ2n) is 11.8. The van der Waals surface area contributed by atoms with E-state index in [9.17, 15) is 27.9 Å². The molecule has 0 aliphatic carbocycles. The molecule has 47 heavy (non-hydrogen) atoms. The number of hydrogen-bond acceptors (Lipinski definition) is 9. The summed E-state index contributed by atoms with van der Waals surface area (Å²) in [5.41, 5.74) is 4.14. The summed E-state index contributed by atoms with van der Waals surface area (Å²) in [6.07, 6.45) is -2.27. The molecule has 1 fully saturated rings. The molecule has 11 nitrogen and oxygen atoms in total. The van der Waals surface area contributed by atoms with E-state index in [4.69, 9.17) is 4.74 Å². The minimum absolute atomic E-state index is 0.000304. The van der Waals surface area contributed by atoms with Crippen molar-refractivity contribution in [3.63, 3.8) is 0 Å². The van der Waals surface area contributed by atoms with E-state index in [2.05, 4.69) is 10.3 Å². The molecule has 2 N–H and O–H groups in total. The summed E-state index contributed by atoms with van der Waals surface area (Å²) in [6, 6.07) is 19.5. The Balaban J connectivity index is 1.36. The van der Waals surface area contributed by atoms with Crippen LogP contribution in [-0.4, -0.2) is 78.5 Å². The third kappa shape index (κ3) is 8.04. The predicted molar refractivity (Wildman–Crippen MR) is 180 cm³/mol. The van der Waals surface area contributed by atoms with E-state index in [0.717, 1.165) is 16.7 Å². The van der Waals surface area contributed by atoms with Crippen molar-refractivity contribution in [2.75, 3.05) is 24.5 Å². The monoisotopic (exact) mass is 678 g/mol. The zero-order chi connectivity index (χ0) is 33.7. The lowest BCUT2D eigenvalue weighted by Gasteiger charge is -2.31. The summed E-state index contributed by atoms with van der Waals surface area (Å²) in [7, 11) is -4.03. The number of ether oxygens (including phenoxy) is 1. The van der Waals surface area contributed by atoms with Crippen LogP contribution in [0.4, 0.5) is 10.5 Å². The number of thiazole rings is 1. The Morgan fingerprint density at radius 2 is 1.83 bits per heavy atom. The molecule has 1 aliphatic heterocycles. The smallest absolute Gasteiger partial charge is 0.415 e. The van der Waals surface area contributed by atoms with Gasteiger partial charge in [0, 0.05) is 24.3 Å². The first-order valence-electron chi connectivity index (χ1n) is 15.4. The second kappa shape index (κ2) is 14.7. The number of aliphatic hydroxyl groups is 1. The highest BCUT2D eigenvalue weighted by Gasteiger charge is 2.39. The fraction of sp³-hybridized carbons (Fsp3) is 0.353. The van der Waals surface area contributed by atoms with Crippen LogP contribution in [0.25, 0.3) is 10.2 Å². The van der Waals surface area contributed by atoms with Crippen LogP contribution in [0.5, 0.6) is 0 Å². The molecule has 1 saturated heterocycles. The van der Waals surface area contributed by atoms with Gasteiger partial charge in [0.15, 0.2) is 11.9 Å². The summed E-state index contributed by atoms with van der Waals surface area (Å²) in [6.45, 7) is 5.17. The number of hydrogen-bond donors (Lipinski definition) is 2. The van der Waals surface area contributed by atoms with Gasteiger partial charge < -0.3 is 15.2 Å². The van der Waals surface area contributed by atoms with Crippen molar-refractivity contribution in [2.45, 2.75) is 56.8 Å². The molecule has 3 aromatic carbocycles. The number of rotatable bonds is 14. The van der Waals surface area contributed by atoms with Gasteiger partial charge in [-0.3, -0.25) is 14.5 Å². The topological polar surface area (TPSA) is 146 Å². The Morgan fingerprint density at radius 3 is 2.51 bits per heavy atom. The molecule has 4 atom stereocenters. The maximum absolute atomic E-state index is 14.0. The van der Waals surface area contributed by atoms with Gasteiger partial charge in [0.25, 0.3) is 5.91 Å². The van der Waals surface area contributed by atoms with Crippen molar-refractivity contribution in [2.24, 2.45) is 5.92 Å². The molecule has 13 heteroatoms. The van der Waals surface area contributed by atoms with Crippen molar-refractivity contribution in [1.29, 1.82) is 0 Å². The number of aliphatic hydroxyl groups excluding tert-OH is 1. The van der Waals surface area contributed by atoms with Gasteiger partial charge in [0.2, 0.25) is 10.0 Å². The van der Waals surface area contributed by atoms with E-state index in [-0.39, 0.29) is 42.7 Å². The van der Waals surface area contributed by atoms with Gasteiger partial charge in [-0.2, -0.15) is 4.31 Å². The number of carbonyl (C=O) groups excluding carboxylic acids is 3. The number of nitrogens with one attached hydrogen (secondary N) is 1. The number of aromatic nitrogens is 1. The van der Waals surface area contributed by atoms with E-state index < -0.39 is 40.3 Å². The van der Waals surface area contributed by atoms with Crippen LogP contribution in [-0.2, 0) is 26.0 Å². The van der Waals surface area contributed by atoms with Crippen LogP contribution in [0.1, 0.15) is 43.1 Å². The minimum atomic E-state index is -4.03. The van der Waals surface area contributed by atoms with Crippen molar-refractivity contribution >= 4 is 55.0 Å². The fourth-order valence-electron chi connectivity index (χ4n) is 5.34. The highest BCUT2D eigenvalue weighted by atomic mass is 32.2. The molecule has 2 amide bonds. The molecule has 1 aromatic heterocycles. The number of anilines is 1. The molecule has 0 radical (unpaired) electrons. The molecule has 1 aliphatic rings. The lowest BCUT2D eigenvalue weighted by Crippen LogP contribution is -2.53. The van der Waals surface area contributed by atoms with E-state index in [0.29, 0.717) is 16.8 Å². The molecule has 0 unspecified atom stereocenters. The molecule has 248 valence electrons. The maximum Gasteiger partial charge on any atom is 0.415 e. The van der Waals surface area contributed by atoms with Crippen LogP contribution >= 0.6 is 11.3 Å². The summed E-state index contributed by atoms with van der Waals surface area (Å²) < 4.78 is 35.4. The number of amides is 2. The van der Waals surface area contributed by atoms with Crippen LogP contribution in [0.2, 0.25) is 0 Å². The third-order valence-corrected chi connectivity index (χ3v) is 10.9. The number of Topliss-reactive ketones (excluding diaryl/α,β-unsaturated/α-hetero) is 1. The van der Waals surface area contributed by atoms with Gasteiger partial charge in [-0.15, -0.1) is 11.3 Å². The molecular weight excluding hydrogens is 641 g/mol. The molecule has 4 aromatic rings. The van der Waals surface area contributed by atoms with Crippen LogP contribution in [0, 0.1) is 5.92 Å². The van der Waals surface area contributed by atoms with Crippen LogP contribution < -0.4 is 10.2 Å². The largest absolute Gasteiger partial charge is 0.434 e. The number of cyclic esters (lactones) is 1. The van der Waals surface area contributed by atoms with Gasteiger partial charge in [-0.05, 0) is 67.3 Å². The highest BCUT2D eigenvalue weighted by molar-refractivity contribution is 7.89. The molecule has 0 bridgehead atoms. The number of fused-ring (bicyclic) bond motifs is 1. The average Bonchev–Trinajstić information content (AvgIpc) is 3.70. The summed E-state index contributed by atoms with van der Waals surface area (Å²) >= 11 is 1.34. The highest BCUT2D eigenvalue weighted by Crippen LogP contribution is 2.26. The Kier molecular flexibility index (Phi) is 10.7. The zero-order valence-corrected chi connectivity index (χ0v) is 28.0. The Hall–Kier alpha value is -4.17. The summed E-state index contributed by atoms with van der Waals surface area (Å²) in [4.78, 5) is 43.6. The fourth-order valence-corrected chi connectivity index (χ4v) is 7.74. The van der Waals surface area contributed by atoms with E-state index >= 15 is 0 Å². The van der Waals surface area contributed by atoms with Crippen molar-refractivity contribution in [1.82, 2.24) is 14.6 Å². The molecule has 2 heterocycles. The minimum Gasteiger partial charge on any atom is -0.434 e. The molecule has 0 saturated carbocycles.